The van der Waals surface area contributed by atoms with Gasteiger partial charge in [-0.25, -0.2) is 4.79 Å². The first kappa shape index (κ1) is 17.2. The average Bonchev–Trinajstić information content (AvgIpc) is 2.47. The SMILES string of the molecule is CCCNC(=O)COC(=O)c1c(C)c(C)c(C)c(C)c1C. The summed E-state index contributed by atoms with van der Waals surface area (Å²) in [6.45, 7) is 12.2. The lowest BCUT2D eigenvalue weighted by molar-refractivity contribution is -0.124. The molecule has 0 spiro atoms. The summed E-state index contributed by atoms with van der Waals surface area (Å²) < 4.78 is 5.15. The molecule has 0 aliphatic carbocycles. The van der Waals surface area contributed by atoms with E-state index < -0.39 is 5.97 Å². The van der Waals surface area contributed by atoms with E-state index in [1.807, 2.05) is 34.6 Å². The molecule has 0 atom stereocenters. The molecular weight excluding hydrogens is 266 g/mol. The van der Waals surface area contributed by atoms with Crippen LogP contribution in [-0.2, 0) is 9.53 Å². The van der Waals surface area contributed by atoms with Gasteiger partial charge in [-0.05, 0) is 68.9 Å². The number of amides is 1. The van der Waals surface area contributed by atoms with E-state index in [4.69, 9.17) is 4.74 Å². The minimum atomic E-state index is -0.428. The fourth-order valence-electron chi connectivity index (χ4n) is 2.32. The van der Waals surface area contributed by atoms with Crippen LogP contribution in [0.1, 0.15) is 51.5 Å². The van der Waals surface area contributed by atoms with E-state index >= 15 is 0 Å². The Morgan fingerprint density at radius 2 is 1.38 bits per heavy atom. The largest absolute Gasteiger partial charge is 0.452 e. The van der Waals surface area contributed by atoms with Gasteiger partial charge in [-0.1, -0.05) is 6.92 Å². The van der Waals surface area contributed by atoms with Gasteiger partial charge in [0.05, 0.1) is 5.56 Å². The van der Waals surface area contributed by atoms with Crippen LogP contribution >= 0.6 is 0 Å². The van der Waals surface area contributed by atoms with Gasteiger partial charge < -0.3 is 10.1 Å². The van der Waals surface area contributed by atoms with Gasteiger partial charge in [-0.15, -0.1) is 0 Å². The molecule has 0 unspecified atom stereocenters. The lowest BCUT2D eigenvalue weighted by Crippen LogP contribution is -2.29. The van der Waals surface area contributed by atoms with Crippen LogP contribution in [0.5, 0.6) is 0 Å². The van der Waals surface area contributed by atoms with Crippen molar-refractivity contribution < 1.29 is 14.3 Å². The number of hydrogen-bond donors (Lipinski definition) is 1. The predicted octanol–water partition coefficient (Wildman–Crippen LogP) is 2.91. The first-order valence-corrected chi connectivity index (χ1v) is 7.32. The lowest BCUT2D eigenvalue weighted by atomic mass is 9.90. The summed E-state index contributed by atoms with van der Waals surface area (Å²) in [5.41, 5.74) is 5.83. The first-order chi connectivity index (χ1) is 9.81. The lowest BCUT2D eigenvalue weighted by Gasteiger charge is -2.17. The van der Waals surface area contributed by atoms with E-state index in [1.54, 1.807) is 0 Å². The van der Waals surface area contributed by atoms with Gasteiger partial charge in [0.25, 0.3) is 5.91 Å². The van der Waals surface area contributed by atoms with Crippen molar-refractivity contribution in [2.75, 3.05) is 13.2 Å². The highest BCUT2D eigenvalue weighted by atomic mass is 16.5. The topological polar surface area (TPSA) is 55.4 Å². The molecule has 0 aliphatic heterocycles. The summed E-state index contributed by atoms with van der Waals surface area (Å²) in [4.78, 5) is 23.8. The molecule has 0 aliphatic rings. The zero-order valence-corrected chi connectivity index (χ0v) is 13.8. The minimum absolute atomic E-state index is 0.232. The van der Waals surface area contributed by atoms with E-state index in [-0.39, 0.29) is 12.5 Å². The molecule has 0 saturated carbocycles. The Hall–Kier alpha value is -1.84. The molecule has 0 fully saturated rings. The van der Waals surface area contributed by atoms with E-state index in [0.717, 1.165) is 28.7 Å². The molecule has 1 aromatic carbocycles. The van der Waals surface area contributed by atoms with Crippen LogP contribution in [0.3, 0.4) is 0 Å². The number of carbonyl (C=O) groups excluding carboxylic acids is 2. The van der Waals surface area contributed by atoms with Crippen LogP contribution < -0.4 is 5.32 Å². The second-order valence-corrected chi connectivity index (χ2v) is 5.43. The molecule has 1 rings (SSSR count). The zero-order valence-electron chi connectivity index (χ0n) is 13.8. The molecule has 1 amide bonds. The van der Waals surface area contributed by atoms with Crippen LogP contribution in [0.25, 0.3) is 0 Å². The van der Waals surface area contributed by atoms with Crippen LogP contribution in [0.4, 0.5) is 0 Å². The summed E-state index contributed by atoms with van der Waals surface area (Å²) in [6.07, 6.45) is 0.855. The Morgan fingerprint density at radius 3 is 1.86 bits per heavy atom. The maximum atomic E-state index is 12.3. The van der Waals surface area contributed by atoms with Crippen molar-refractivity contribution in [1.29, 1.82) is 0 Å². The minimum Gasteiger partial charge on any atom is -0.452 e. The summed E-state index contributed by atoms with van der Waals surface area (Å²) in [5.74, 6) is -0.691. The van der Waals surface area contributed by atoms with Gasteiger partial charge in [0.1, 0.15) is 0 Å². The van der Waals surface area contributed by atoms with Gasteiger partial charge in [-0.2, -0.15) is 0 Å². The Labute approximate surface area is 126 Å². The quantitative estimate of drug-likeness (QED) is 0.849. The van der Waals surface area contributed by atoms with Crippen molar-refractivity contribution in [2.45, 2.75) is 48.0 Å². The van der Waals surface area contributed by atoms with Crippen LogP contribution in [0, 0.1) is 34.6 Å². The van der Waals surface area contributed by atoms with Crippen LogP contribution in [0.2, 0.25) is 0 Å². The van der Waals surface area contributed by atoms with E-state index in [0.29, 0.717) is 12.1 Å². The Kier molecular flexibility index (Phi) is 5.94. The van der Waals surface area contributed by atoms with Gasteiger partial charge in [-0.3, -0.25) is 4.79 Å². The summed E-state index contributed by atoms with van der Waals surface area (Å²) in [5, 5.41) is 2.68. The monoisotopic (exact) mass is 291 g/mol. The van der Waals surface area contributed by atoms with E-state index in [9.17, 15) is 9.59 Å². The Bertz CT molecular complexity index is 533. The number of rotatable bonds is 5. The average molecular weight is 291 g/mol. The molecule has 0 aromatic heterocycles. The van der Waals surface area contributed by atoms with Gasteiger partial charge in [0.2, 0.25) is 0 Å². The van der Waals surface area contributed by atoms with Crippen molar-refractivity contribution in [2.24, 2.45) is 0 Å². The maximum absolute atomic E-state index is 12.3. The normalized spacial score (nSPS) is 10.4. The van der Waals surface area contributed by atoms with Crippen molar-refractivity contribution in [3.05, 3.63) is 33.4 Å². The molecule has 4 heteroatoms. The molecule has 21 heavy (non-hydrogen) atoms. The molecule has 0 radical (unpaired) electrons. The summed E-state index contributed by atoms with van der Waals surface area (Å²) >= 11 is 0. The molecular formula is C17H25NO3. The molecule has 0 heterocycles. The van der Waals surface area contributed by atoms with Crippen molar-refractivity contribution in [3.8, 4) is 0 Å². The second-order valence-electron chi connectivity index (χ2n) is 5.43. The van der Waals surface area contributed by atoms with Gasteiger partial charge >= 0.3 is 5.97 Å². The first-order valence-electron chi connectivity index (χ1n) is 7.32. The van der Waals surface area contributed by atoms with Gasteiger partial charge in [0, 0.05) is 6.54 Å². The standard InChI is InChI=1S/C17H25NO3/c1-7-8-18-15(19)9-21-17(20)16-13(5)11(3)10(2)12(4)14(16)6/h7-9H2,1-6H3,(H,18,19). The number of hydrogen-bond acceptors (Lipinski definition) is 3. The molecule has 1 aromatic rings. The fourth-order valence-corrected chi connectivity index (χ4v) is 2.32. The Morgan fingerprint density at radius 1 is 0.905 bits per heavy atom. The van der Waals surface area contributed by atoms with Gasteiger partial charge in [0.15, 0.2) is 6.61 Å². The molecule has 4 nitrogen and oxygen atoms in total. The van der Waals surface area contributed by atoms with E-state index in [2.05, 4.69) is 12.2 Å². The van der Waals surface area contributed by atoms with E-state index in [1.165, 1.54) is 5.56 Å². The maximum Gasteiger partial charge on any atom is 0.339 e. The highest BCUT2D eigenvalue weighted by Crippen LogP contribution is 2.26. The van der Waals surface area contributed by atoms with Crippen molar-refractivity contribution in [1.82, 2.24) is 5.32 Å². The van der Waals surface area contributed by atoms with Crippen molar-refractivity contribution >= 4 is 11.9 Å². The third-order valence-corrected chi connectivity index (χ3v) is 4.11. The van der Waals surface area contributed by atoms with Crippen LogP contribution in [0.15, 0.2) is 0 Å². The smallest absolute Gasteiger partial charge is 0.339 e. The number of carbonyl (C=O) groups is 2. The zero-order chi connectivity index (χ0) is 16.2. The molecule has 0 saturated heterocycles. The third-order valence-electron chi connectivity index (χ3n) is 4.11. The number of nitrogens with one attached hydrogen (secondary N) is 1. The number of ether oxygens (including phenoxy) is 1. The molecule has 1 N–H and O–H groups in total. The van der Waals surface area contributed by atoms with Crippen molar-refractivity contribution in [3.63, 3.8) is 0 Å². The third kappa shape index (κ3) is 3.84. The fraction of sp³-hybridized carbons (Fsp3) is 0.529. The second kappa shape index (κ2) is 7.25. The van der Waals surface area contributed by atoms with Crippen LogP contribution in [-0.4, -0.2) is 25.0 Å². The summed E-state index contributed by atoms with van der Waals surface area (Å²) in [6, 6.07) is 0. The molecule has 0 bridgehead atoms. The molecule has 116 valence electrons. The number of benzene rings is 1. The predicted molar refractivity (Wildman–Crippen MR) is 83.7 cm³/mol. The highest BCUT2D eigenvalue weighted by Gasteiger charge is 2.20. The summed E-state index contributed by atoms with van der Waals surface area (Å²) in [7, 11) is 0. The highest BCUT2D eigenvalue weighted by molar-refractivity contribution is 5.95. The number of esters is 1. The Balaban J connectivity index is 2.91.